The molecule has 29 heavy (non-hydrogen) atoms. The van der Waals surface area contributed by atoms with E-state index in [1.165, 1.54) is 12.1 Å². The van der Waals surface area contributed by atoms with Crippen molar-refractivity contribution in [1.82, 2.24) is 15.5 Å². The van der Waals surface area contributed by atoms with Crippen LogP contribution in [0, 0.1) is 5.82 Å². The van der Waals surface area contributed by atoms with Crippen molar-refractivity contribution in [2.24, 2.45) is 4.99 Å². The molecular formula is C21H32FN5O2. The van der Waals surface area contributed by atoms with E-state index in [0.717, 1.165) is 38.2 Å². The zero-order valence-electron chi connectivity index (χ0n) is 17.4. The zero-order valence-corrected chi connectivity index (χ0v) is 17.4. The Kier molecular flexibility index (Phi) is 7.30. The molecule has 2 N–H and O–H groups in total. The summed E-state index contributed by atoms with van der Waals surface area (Å²) in [5, 5.41) is 6.50. The number of halogens is 1. The average Bonchev–Trinajstić information content (AvgIpc) is 3.18. The van der Waals surface area contributed by atoms with Crippen molar-refractivity contribution in [2.45, 2.75) is 31.8 Å². The fourth-order valence-electron chi connectivity index (χ4n) is 3.78. The number of anilines is 1. The molecule has 2 heterocycles. The molecule has 2 fully saturated rings. The van der Waals surface area contributed by atoms with E-state index in [0.29, 0.717) is 38.6 Å². The first kappa shape index (κ1) is 21.4. The van der Waals surface area contributed by atoms with Gasteiger partial charge in [0.2, 0.25) is 5.91 Å². The van der Waals surface area contributed by atoms with E-state index < -0.39 is 0 Å². The maximum atomic E-state index is 13.1. The number of piperazine rings is 1. The van der Waals surface area contributed by atoms with Crippen molar-refractivity contribution >= 4 is 17.6 Å². The third-order valence-electron chi connectivity index (χ3n) is 5.61. The van der Waals surface area contributed by atoms with Gasteiger partial charge in [0.15, 0.2) is 5.96 Å². The molecule has 2 aliphatic heterocycles. The van der Waals surface area contributed by atoms with Gasteiger partial charge in [-0.2, -0.15) is 0 Å². The molecule has 0 radical (unpaired) electrons. The second-order valence-electron chi connectivity index (χ2n) is 7.85. The summed E-state index contributed by atoms with van der Waals surface area (Å²) in [5.41, 5.74) is 0.854. The number of rotatable bonds is 6. The van der Waals surface area contributed by atoms with Crippen molar-refractivity contribution in [3.63, 3.8) is 0 Å². The van der Waals surface area contributed by atoms with Gasteiger partial charge in [-0.25, -0.2) is 4.39 Å². The maximum absolute atomic E-state index is 13.1. The minimum atomic E-state index is -0.232. The Morgan fingerprint density at radius 1 is 1.21 bits per heavy atom. The summed E-state index contributed by atoms with van der Waals surface area (Å²) in [6, 6.07) is 6.51. The number of nitrogens with one attached hydrogen (secondary N) is 2. The third-order valence-corrected chi connectivity index (χ3v) is 5.61. The fourth-order valence-corrected chi connectivity index (χ4v) is 3.78. The Labute approximate surface area is 172 Å². The number of benzene rings is 1. The fraction of sp³-hybridized carbons (Fsp3) is 0.619. The number of nitrogens with zero attached hydrogens (tertiary/aromatic N) is 3. The second-order valence-corrected chi connectivity index (χ2v) is 7.85. The monoisotopic (exact) mass is 405 g/mol. The van der Waals surface area contributed by atoms with E-state index in [1.807, 2.05) is 4.90 Å². The number of carbonyl (C=O) groups excluding carboxylic acids is 1. The zero-order chi connectivity index (χ0) is 20.7. The van der Waals surface area contributed by atoms with Crippen LogP contribution in [0.3, 0.4) is 0 Å². The van der Waals surface area contributed by atoms with E-state index in [9.17, 15) is 9.18 Å². The number of carbonyl (C=O) groups is 1. The van der Waals surface area contributed by atoms with E-state index >= 15 is 0 Å². The minimum absolute atomic E-state index is 0.137. The van der Waals surface area contributed by atoms with E-state index in [-0.39, 0.29) is 17.3 Å². The van der Waals surface area contributed by atoms with Crippen LogP contribution in [0.15, 0.2) is 29.3 Å². The Morgan fingerprint density at radius 3 is 2.55 bits per heavy atom. The lowest BCUT2D eigenvalue weighted by molar-refractivity contribution is -0.131. The Bertz CT molecular complexity index is 696. The Hall–Kier alpha value is -2.35. The first-order chi connectivity index (χ1) is 14.0. The van der Waals surface area contributed by atoms with Crippen LogP contribution < -0.4 is 15.5 Å². The Balaban J connectivity index is 1.35. The molecule has 1 aromatic rings. The van der Waals surface area contributed by atoms with Crippen molar-refractivity contribution in [3.8, 4) is 0 Å². The van der Waals surface area contributed by atoms with Crippen LogP contribution in [-0.4, -0.2) is 75.3 Å². The molecule has 8 heteroatoms. The van der Waals surface area contributed by atoms with Crippen LogP contribution in [0.1, 0.15) is 26.2 Å². The SMILES string of the molecule is CN=C(NCCC(=O)N1CCN(c2ccc(F)cc2)CC1)NCC1(C)CCCO1. The van der Waals surface area contributed by atoms with Crippen molar-refractivity contribution in [3.05, 3.63) is 30.1 Å². The van der Waals surface area contributed by atoms with Gasteiger partial charge >= 0.3 is 0 Å². The molecule has 2 aliphatic rings. The van der Waals surface area contributed by atoms with E-state index in [2.05, 4.69) is 27.4 Å². The topological polar surface area (TPSA) is 69.2 Å². The maximum Gasteiger partial charge on any atom is 0.224 e. The molecule has 0 aliphatic carbocycles. The molecule has 1 amide bonds. The molecule has 0 aromatic heterocycles. The second kappa shape index (κ2) is 9.91. The van der Waals surface area contributed by atoms with Gasteiger partial charge in [-0.3, -0.25) is 9.79 Å². The highest BCUT2D eigenvalue weighted by Crippen LogP contribution is 2.23. The Morgan fingerprint density at radius 2 is 1.93 bits per heavy atom. The van der Waals surface area contributed by atoms with Gasteiger partial charge in [-0.1, -0.05) is 0 Å². The van der Waals surface area contributed by atoms with Crippen LogP contribution in [0.4, 0.5) is 10.1 Å². The molecule has 1 unspecified atom stereocenters. The smallest absolute Gasteiger partial charge is 0.224 e. The molecule has 1 aromatic carbocycles. The highest BCUT2D eigenvalue weighted by molar-refractivity contribution is 5.81. The summed E-state index contributed by atoms with van der Waals surface area (Å²) in [7, 11) is 1.73. The highest BCUT2D eigenvalue weighted by atomic mass is 19.1. The van der Waals surface area contributed by atoms with Gasteiger partial charge < -0.3 is 25.2 Å². The van der Waals surface area contributed by atoms with Crippen LogP contribution in [-0.2, 0) is 9.53 Å². The summed E-state index contributed by atoms with van der Waals surface area (Å²) >= 11 is 0. The number of amides is 1. The van der Waals surface area contributed by atoms with Crippen molar-refractivity contribution < 1.29 is 13.9 Å². The largest absolute Gasteiger partial charge is 0.373 e. The van der Waals surface area contributed by atoms with Crippen LogP contribution >= 0.6 is 0 Å². The predicted molar refractivity (Wildman–Crippen MR) is 113 cm³/mol. The van der Waals surface area contributed by atoms with Gasteiger partial charge in [0, 0.05) is 65.0 Å². The summed E-state index contributed by atoms with van der Waals surface area (Å²) < 4.78 is 18.8. The number of aliphatic imine (C=N–C) groups is 1. The molecular weight excluding hydrogens is 373 g/mol. The van der Waals surface area contributed by atoms with Crippen molar-refractivity contribution in [2.75, 3.05) is 57.8 Å². The molecule has 0 spiro atoms. The standard InChI is InChI=1S/C21H32FN5O2/c1-21(9-3-15-29-21)16-25-20(23-2)24-10-8-19(28)27-13-11-26(12-14-27)18-6-4-17(22)5-7-18/h4-7H,3,8-16H2,1-2H3,(H2,23,24,25). The van der Waals surface area contributed by atoms with Gasteiger partial charge in [-0.15, -0.1) is 0 Å². The van der Waals surface area contributed by atoms with E-state index in [4.69, 9.17) is 4.74 Å². The predicted octanol–water partition coefficient (Wildman–Crippen LogP) is 1.60. The number of hydrogen-bond acceptors (Lipinski definition) is 4. The molecule has 3 rings (SSSR count). The third kappa shape index (κ3) is 6.06. The normalized spacial score (nSPS) is 22.7. The summed E-state index contributed by atoms with van der Waals surface area (Å²) in [5.74, 6) is 0.595. The van der Waals surface area contributed by atoms with E-state index in [1.54, 1.807) is 19.2 Å². The van der Waals surface area contributed by atoms with Gasteiger partial charge in [0.25, 0.3) is 0 Å². The molecule has 1 atom stereocenters. The quantitative estimate of drug-likeness (QED) is 0.556. The number of hydrogen-bond donors (Lipinski definition) is 2. The first-order valence-electron chi connectivity index (χ1n) is 10.4. The van der Waals surface area contributed by atoms with Crippen LogP contribution in [0.25, 0.3) is 0 Å². The van der Waals surface area contributed by atoms with Crippen molar-refractivity contribution in [1.29, 1.82) is 0 Å². The summed E-state index contributed by atoms with van der Waals surface area (Å²) in [6.45, 7) is 7.03. The number of guanidine groups is 1. The molecule has 160 valence electrons. The van der Waals surface area contributed by atoms with Gasteiger partial charge in [0.1, 0.15) is 5.82 Å². The summed E-state index contributed by atoms with van der Waals surface area (Å²) in [4.78, 5) is 20.8. The number of ether oxygens (including phenoxy) is 1. The van der Waals surface area contributed by atoms with Crippen LogP contribution in [0.5, 0.6) is 0 Å². The molecule has 0 bridgehead atoms. The van der Waals surface area contributed by atoms with Crippen LogP contribution in [0.2, 0.25) is 0 Å². The lowest BCUT2D eigenvalue weighted by Crippen LogP contribution is -2.50. The molecule has 2 saturated heterocycles. The molecule has 7 nitrogen and oxygen atoms in total. The average molecular weight is 406 g/mol. The first-order valence-corrected chi connectivity index (χ1v) is 10.4. The van der Waals surface area contributed by atoms with Gasteiger partial charge in [0.05, 0.1) is 5.60 Å². The summed E-state index contributed by atoms with van der Waals surface area (Å²) in [6.07, 6.45) is 2.55. The highest BCUT2D eigenvalue weighted by Gasteiger charge is 2.29. The molecule has 0 saturated carbocycles. The minimum Gasteiger partial charge on any atom is -0.373 e. The van der Waals surface area contributed by atoms with Gasteiger partial charge in [-0.05, 0) is 44.0 Å². The lowest BCUT2D eigenvalue weighted by atomic mass is 10.0. The lowest BCUT2D eigenvalue weighted by Gasteiger charge is -2.36.